The smallest absolute Gasteiger partial charge is 0.329 e. The lowest BCUT2D eigenvalue weighted by Gasteiger charge is -2.15. The van der Waals surface area contributed by atoms with Crippen LogP contribution in [-0.2, 0) is 9.59 Å². The molecule has 0 bridgehead atoms. The van der Waals surface area contributed by atoms with E-state index in [2.05, 4.69) is 21.2 Å². The number of nitrogens with one attached hydrogen (secondary N) is 3. The normalized spacial score (nSPS) is 10.8. The molecule has 0 aliphatic carbocycles. The van der Waals surface area contributed by atoms with Crippen LogP contribution in [0, 0.1) is 6.92 Å². The van der Waals surface area contributed by atoms with E-state index < -0.39 is 11.8 Å². The van der Waals surface area contributed by atoms with Crippen LogP contribution in [0.2, 0.25) is 0 Å². The van der Waals surface area contributed by atoms with Crippen molar-refractivity contribution in [3.63, 3.8) is 0 Å². The molecule has 0 unspecified atom stereocenters. The molecule has 7 heteroatoms. The number of benzene rings is 3. The SMILES string of the molecule is COc1cccc(/C=N\NC(=O)C(=O)Nc2ccccc2C(C)C)c1Nc1ccccc1C. The van der Waals surface area contributed by atoms with E-state index in [-0.39, 0.29) is 5.92 Å². The van der Waals surface area contributed by atoms with Crippen molar-refractivity contribution < 1.29 is 14.3 Å². The number of hydrogen-bond acceptors (Lipinski definition) is 5. The molecule has 2 amide bonds. The van der Waals surface area contributed by atoms with Crippen LogP contribution in [0.5, 0.6) is 5.75 Å². The summed E-state index contributed by atoms with van der Waals surface area (Å²) in [6.07, 6.45) is 1.47. The van der Waals surface area contributed by atoms with Gasteiger partial charge >= 0.3 is 11.8 Å². The summed E-state index contributed by atoms with van der Waals surface area (Å²) in [4.78, 5) is 24.6. The van der Waals surface area contributed by atoms with Gasteiger partial charge in [0.2, 0.25) is 0 Å². The van der Waals surface area contributed by atoms with Gasteiger partial charge in [-0.15, -0.1) is 0 Å². The van der Waals surface area contributed by atoms with Crippen LogP contribution in [0.15, 0.2) is 71.8 Å². The van der Waals surface area contributed by atoms with Gasteiger partial charge in [-0.2, -0.15) is 5.10 Å². The first-order valence-electron chi connectivity index (χ1n) is 10.6. The molecule has 0 saturated heterocycles. The lowest BCUT2D eigenvalue weighted by molar-refractivity contribution is -0.136. The highest BCUT2D eigenvalue weighted by molar-refractivity contribution is 6.39. The third kappa shape index (κ3) is 5.98. The molecular formula is C26H28N4O3. The minimum atomic E-state index is -0.860. The van der Waals surface area contributed by atoms with Gasteiger partial charge in [0.05, 0.1) is 19.0 Å². The van der Waals surface area contributed by atoms with Gasteiger partial charge in [0, 0.05) is 16.9 Å². The zero-order valence-electron chi connectivity index (χ0n) is 19.2. The second-order valence-electron chi connectivity index (χ2n) is 7.76. The van der Waals surface area contributed by atoms with Crippen LogP contribution in [0.25, 0.3) is 0 Å². The Kier molecular flexibility index (Phi) is 7.81. The maximum atomic E-state index is 12.3. The Hall–Kier alpha value is -4.13. The molecule has 0 aliphatic rings. The summed E-state index contributed by atoms with van der Waals surface area (Å²) in [6.45, 7) is 6.04. The average molecular weight is 445 g/mol. The number of aryl methyl sites for hydroxylation is 1. The summed E-state index contributed by atoms with van der Waals surface area (Å²) in [6, 6.07) is 20.7. The predicted octanol–water partition coefficient (Wildman–Crippen LogP) is 4.96. The number of anilines is 3. The average Bonchev–Trinajstić information content (AvgIpc) is 2.81. The topological polar surface area (TPSA) is 91.8 Å². The van der Waals surface area contributed by atoms with Crippen molar-refractivity contribution in [2.75, 3.05) is 17.7 Å². The number of hydrazone groups is 1. The van der Waals surface area contributed by atoms with E-state index in [1.807, 2.05) is 81.4 Å². The first-order chi connectivity index (χ1) is 15.9. The highest BCUT2D eigenvalue weighted by Gasteiger charge is 2.16. The number of carbonyl (C=O) groups is 2. The number of ether oxygens (including phenoxy) is 1. The summed E-state index contributed by atoms with van der Waals surface area (Å²) in [5.41, 5.74) is 7.21. The predicted molar refractivity (Wildman–Crippen MR) is 132 cm³/mol. The Bertz CT molecular complexity index is 1170. The highest BCUT2D eigenvalue weighted by Crippen LogP contribution is 2.31. The van der Waals surface area contributed by atoms with Crippen LogP contribution in [0.3, 0.4) is 0 Å². The zero-order chi connectivity index (χ0) is 23.8. The first-order valence-corrected chi connectivity index (χ1v) is 10.6. The van der Waals surface area contributed by atoms with Gasteiger partial charge < -0.3 is 15.4 Å². The number of rotatable bonds is 7. The van der Waals surface area contributed by atoms with Crippen LogP contribution in [0.4, 0.5) is 17.1 Å². The molecule has 0 aliphatic heterocycles. The van der Waals surface area contributed by atoms with Gasteiger partial charge in [-0.1, -0.05) is 62.4 Å². The Labute approximate surface area is 193 Å². The fourth-order valence-electron chi connectivity index (χ4n) is 3.31. The van der Waals surface area contributed by atoms with Crippen molar-refractivity contribution in [1.29, 1.82) is 0 Å². The number of amides is 2. The second kappa shape index (κ2) is 10.9. The highest BCUT2D eigenvalue weighted by atomic mass is 16.5. The molecule has 0 atom stereocenters. The lowest BCUT2D eigenvalue weighted by atomic mass is 10.0. The third-order valence-corrected chi connectivity index (χ3v) is 5.09. The van der Waals surface area contributed by atoms with E-state index in [0.717, 1.165) is 16.8 Å². The zero-order valence-corrected chi connectivity index (χ0v) is 19.2. The molecule has 3 rings (SSSR count). The van der Waals surface area contributed by atoms with Gasteiger partial charge in [-0.25, -0.2) is 5.43 Å². The number of nitrogens with zero attached hydrogens (tertiary/aromatic N) is 1. The standard InChI is InChI=1S/C26H28N4O3/c1-17(2)20-12-6-8-14-22(20)29-25(31)26(32)30-27-16-19-11-9-15-23(33-4)24(19)28-21-13-7-5-10-18(21)3/h5-17,28H,1-4H3,(H,29,31)(H,30,32)/b27-16-. The number of methoxy groups -OCH3 is 1. The van der Waals surface area contributed by atoms with Gasteiger partial charge in [-0.3, -0.25) is 9.59 Å². The molecule has 3 aromatic carbocycles. The van der Waals surface area contributed by atoms with E-state index in [9.17, 15) is 9.59 Å². The van der Waals surface area contributed by atoms with E-state index in [0.29, 0.717) is 22.7 Å². The molecule has 33 heavy (non-hydrogen) atoms. The van der Waals surface area contributed by atoms with Crippen molar-refractivity contribution in [2.24, 2.45) is 5.10 Å². The summed E-state index contributed by atoms with van der Waals surface area (Å²) in [7, 11) is 1.58. The molecule has 0 heterocycles. The quantitative estimate of drug-likeness (QED) is 0.273. The molecule has 0 aromatic heterocycles. The van der Waals surface area contributed by atoms with Crippen molar-refractivity contribution in [1.82, 2.24) is 5.43 Å². The van der Waals surface area contributed by atoms with Crippen molar-refractivity contribution >= 4 is 35.1 Å². The Morgan fingerprint density at radius 2 is 1.61 bits per heavy atom. The molecule has 170 valence electrons. The van der Waals surface area contributed by atoms with Crippen LogP contribution in [0.1, 0.15) is 36.5 Å². The molecular weight excluding hydrogens is 416 g/mol. The second-order valence-corrected chi connectivity index (χ2v) is 7.76. The third-order valence-electron chi connectivity index (χ3n) is 5.09. The van der Waals surface area contributed by atoms with E-state index in [4.69, 9.17) is 4.74 Å². The molecule has 3 aromatic rings. The van der Waals surface area contributed by atoms with Crippen molar-refractivity contribution in [2.45, 2.75) is 26.7 Å². The van der Waals surface area contributed by atoms with E-state index >= 15 is 0 Å². The molecule has 3 N–H and O–H groups in total. The van der Waals surface area contributed by atoms with Crippen molar-refractivity contribution in [3.05, 3.63) is 83.4 Å². The molecule has 7 nitrogen and oxygen atoms in total. The summed E-state index contributed by atoms with van der Waals surface area (Å²) in [5.74, 6) is -0.823. The van der Waals surface area contributed by atoms with Gasteiger partial charge in [-0.05, 0) is 42.2 Å². The van der Waals surface area contributed by atoms with Crippen LogP contribution < -0.4 is 20.8 Å². The minimum Gasteiger partial charge on any atom is -0.495 e. The van der Waals surface area contributed by atoms with Crippen LogP contribution >= 0.6 is 0 Å². The Morgan fingerprint density at radius 3 is 2.30 bits per heavy atom. The number of hydrogen-bond donors (Lipinski definition) is 3. The van der Waals surface area contributed by atoms with Gasteiger partial charge in [0.1, 0.15) is 5.75 Å². The fourth-order valence-corrected chi connectivity index (χ4v) is 3.31. The summed E-state index contributed by atoms with van der Waals surface area (Å²) >= 11 is 0. The number of carbonyl (C=O) groups excluding carboxylic acids is 2. The van der Waals surface area contributed by atoms with Crippen molar-refractivity contribution in [3.8, 4) is 5.75 Å². The first kappa shape index (κ1) is 23.5. The Balaban J connectivity index is 1.73. The summed E-state index contributed by atoms with van der Waals surface area (Å²) in [5, 5.41) is 10.00. The van der Waals surface area contributed by atoms with E-state index in [1.165, 1.54) is 6.21 Å². The van der Waals surface area contributed by atoms with Gasteiger partial charge in [0.15, 0.2) is 0 Å². The number of para-hydroxylation sites is 3. The molecule has 0 saturated carbocycles. The maximum Gasteiger partial charge on any atom is 0.329 e. The lowest BCUT2D eigenvalue weighted by Crippen LogP contribution is -2.32. The minimum absolute atomic E-state index is 0.204. The Morgan fingerprint density at radius 1 is 0.909 bits per heavy atom. The molecule has 0 fully saturated rings. The monoisotopic (exact) mass is 444 g/mol. The summed E-state index contributed by atoms with van der Waals surface area (Å²) < 4.78 is 5.48. The van der Waals surface area contributed by atoms with Crippen LogP contribution in [-0.4, -0.2) is 25.1 Å². The largest absolute Gasteiger partial charge is 0.495 e. The van der Waals surface area contributed by atoms with E-state index in [1.54, 1.807) is 13.2 Å². The van der Waals surface area contributed by atoms with Gasteiger partial charge in [0.25, 0.3) is 0 Å². The fraction of sp³-hybridized carbons (Fsp3) is 0.192. The maximum absolute atomic E-state index is 12.3. The molecule has 0 radical (unpaired) electrons. The molecule has 0 spiro atoms.